The lowest BCUT2D eigenvalue weighted by atomic mass is 9.83. The lowest BCUT2D eigenvalue weighted by molar-refractivity contribution is -0.146. The Bertz CT molecular complexity index is 705. The van der Waals surface area contributed by atoms with Gasteiger partial charge in [0.15, 0.2) is 0 Å². The van der Waals surface area contributed by atoms with Gasteiger partial charge in [0, 0.05) is 26.6 Å². The van der Waals surface area contributed by atoms with E-state index >= 15 is 0 Å². The molecule has 2 aliphatic rings. The molecule has 148 valence electrons. The molecular formula is C19H24F3N3O2. The monoisotopic (exact) mass is 383 g/mol. The zero-order chi connectivity index (χ0) is 19.8. The fraction of sp³-hybridized carbons (Fsp3) is 0.579. The maximum atomic E-state index is 13.1. The topological polar surface area (TPSA) is 66.6 Å². The number of alkyl halides is 3. The summed E-state index contributed by atoms with van der Waals surface area (Å²) < 4.78 is 38.5. The van der Waals surface area contributed by atoms with Crippen LogP contribution in [-0.2, 0) is 15.8 Å². The first-order chi connectivity index (χ1) is 12.7. The molecule has 27 heavy (non-hydrogen) atoms. The summed E-state index contributed by atoms with van der Waals surface area (Å²) >= 11 is 0. The van der Waals surface area contributed by atoms with Crippen molar-refractivity contribution in [3.05, 3.63) is 35.4 Å². The lowest BCUT2D eigenvalue weighted by Gasteiger charge is -2.40. The van der Waals surface area contributed by atoms with Crippen molar-refractivity contribution < 1.29 is 22.8 Å². The van der Waals surface area contributed by atoms with Gasteiger partial charge in [-0.2, -0.15) is 13.2 Å². The number of benzene rings is 1. The SMILES string of the molecule is CN1C(=O)CC[C@H](C(=O)N2CC[C@H](CN)C2)[C@@H]1c1ccc(C(F)(F)F)cc1. The van der Waals surface area contributed by atoms with Crippen molar-refractivity contribution in [2.75, 3.05) is 26.7 Å². The number of rotatable bonds is 3. The number of halogens is 3. The molecule has 2 fully saturated rings. The number of piperidine rings is 1. The number of amides is 2. The van der Waals surface area contributed by atoms with E-state index in [4.69, 9.17) is 5.73 Å². The van der Waals surface area contributed by atoms with Crippen LogP contribution < -0.4 is 5.73 Å². The van der Waals surface area contributed by atoms with Crippen LogP contribution in [0, 0.1) is 11.8 Å². The molecule has 1 aromatic rings. The summed E-state index contributed by atoms with van der Waals surface area (Å²) in [5.74, 6) is -0.331. The van der Waals surface area contributed by atoms with Gasteiger partial charge in [0.25, 0.3) is 0 Å². The Morgan fingerprint density at radius 2 is 1.89 bits per heavy atom. The van der Waals surface area contributed by atoms with Crippen LogP contribution in [-0.4, -0.2) is 48.3 Å². The van der Waals surface area contributed by atoms with Gasteiger partial charge in [-0.15, -0.1) is 0 Å². The number of carbonyl (C=O) groups excluding carboxylic acids is 2. The second-order valence-corrected chi connectivity index (χ2v) is 7.39. The maximum Gasteiger partial charge on any atom is 0.416 e. The third-order valence-corrected chi connectivity index (χ3v) is 5.69. The van der Waals surface area contributed by atoms with Crippen molar-refractivity contribution in [3.8, 4) is 0 Å². The van der Waals surface area contributed by atoms with Gasteiger partial charge in [-0.25, -0.2) is 0 Å². The minimum Gasteiger partial charge on any atom is -0.342 e. The smallest absolute Gasteiger partial charge is 0.342 e. The third-order valence-electron chi connectivity index (χ3n) is 5.69. The molecule has 5 nitrogen and oxygen atoms in total. The van der Waals surface area contributed by atoms with E-state index in [2.05, 4.69) is 0 Å². The first-order valence-corrected chi connectivity index (χ1v) is 9.14. The van der Waals surface area contributed by atoms with E-state index in [9.17, 15) is 22.8 Å². The van der Waals surface area contributed by atoms with Gasteiger partial charge in [0.1, 0.15) is 0 Å². The number of hydrogen-bond acceptors (Lipinski definition) is 3. The summed E-state index contributed by atoms with van der Waals surface area (Å²) in [4.78, 5) is 28.6. The molecule has 8 heteroatoms. The number of carbonyl (C=O) groups is 2. The highest BCUT2D eigenvalue weighted by molar-refractivity contribution is 5.85. The molecule has 2 N–H and O–H groups in total. The van der Waals surface area contributed by atoms with Gasteiger partial charge < -0.3 is 15.5 Å². The summed E-state index contributed by atoms with van der Waals surface area (Å²) in [6.45, 7) is 1.76. The molecule has 2 saturated heterocycles. The van der Waals surface area contributed by atoms with E-state index in [0.29, 0.717) is 31.6 Å². The number of hydrogen-bond donors (Lipinski definition) is 1. The van der Waals surface area contributed by atoms with E-state index < -0.39 is 23.7 Å². The van der Waals surface area contributed by atoms with E-state index in [1.807, 2.05) is 0 Å². The van der Waals surface area contributed by atoms with Crippen molar-refractivity contribution in [2.45, 2.75) is 31.5 Å². The number of likely N-dealkylation sites (tertiary alicyclic amines) is 2. The maximum absolute atomic E-state index is 13.1. The summed E-state index contributed by atoms with van der Waals surface area (Å²) in [6.07, 6.45) is -2.90. The Morgan fingerprint density at radius 1 is 1.22 bits per heavy atom. The van der Waals surface area contributed by atoms with Crippen molar-refractivity contribution in [1.29, 1.82) is 0 Å². The molecule has 0 aliphatic carbocycles. The fourth-order valence-corrected chi connectivity index (χ4v) is 4.08. The van der Waals surface area contributed by atoms with Gasteiger partial charge in [-0.3, -0.25) is 9.59 Å². The average Bonchev–Trinajstić information content (AvgIpc) is 3.12. The fourth-order valence-electron chi connectivity index (χ4n) is 4.08. The first kappa shape index (κ1) is 19.7. The second-order valence-electron chi connectivity index (χ2n) is 7.39. The number of nitrogens with zero attached hydrogens (tertiary/aromatic N) is 2. The standard InChI is InChI=1S/C19H24F3N3O2/c1-24-16(26)7-6-15(18(27)25-9-8-12(10-23)11-25)17(24)13-2-4-14(5-3-13)19(20,21)22/h2-5,12,15,17H,6-11,23H2,1H3/t12-,15+,17+/m1/s1. The van der Waals surface area contributed by atoms with Crippen molar-refractivity contribution in [2.24, 2.45) is 17.6 Å². The van der Waals surface area contributed by atoms with E-state index in [1.165, 1.54) is 17.0 Å². The lowest BCUT2D eigenvalue weighted by Crippen LogP contribution is -2.47. The van der Waals surface area contributed by atoms with Crippen molar-refractivity contribution in [3.63, 3.8) is 0 Å². The summed E-state index contributed by atoms with van der Waals surface area (Å²) in [6, 6.07) is 4.19. The Labute approximate surface area is 156 Å². The Morgan fingerprint density at radius 3 is 2.44 bits per heavy atom. The molecule has 0 radical (unpaired) electrons. The van der Waals surface area contributed by atoms with Crippen LogP contribution >= 0.6 is 0 Å². The van der Waals surface area contributed by atoms with Gasteiger partial charge in [0.05, 0.1) is 17.5 Å². The highest BCUT2D eigenvalue weighted by Crippen LogP contribution is 2.39. The molecule has 0 saturated carbocycles. The molecule has 0 aromatic heterocycles. The molecule has 1 aromatic carbocycles. The van der Waals surface area contributed by atoms with E-state index in [0.717, 1.165) is 18.6 Å². The molecule has 0 spiro atoms. The summed E-state index contributed by atoms with van der Waals surface area (Å²) in [5, 5.41) is 0. The van der Waals surface area contributed by atoms with Crippen LogP contribution in [0.25, 0.3) is 0 Å². The van der Waals surface area contributed by atoms with Crippen LogP contribution in [0.15, 0.2) is 24.3 Å². The van der Waals surface area contributed by atoms with Gasteiger partial charge >= 0.3 is 6.18 Å². The second kappa shape index (κ2) is 7.50. The molecule has 2 amide bonds. The van der Waals surface area contributed by atoms with Crippen LogP contribution in [0.2, 0.25) is 0 Å². The van der Waals surface area contributed by atoms with Crippen LogP contribution in [0.3, 0.4) is 0 Å². The highest BCUT2D eigenvalue weighted by atomic mass is 19.4. The summed E-state index contributed by atoms with van der Waals surface area (Å²) in [7, 11) is 1.61. The molecule has 3 atom stereocenters. The quantitative estimate of drug-likeness (QED) is 0.872. The average molecular weight is 383 g/mol. The first-order valence-electron chi connectivity index (χ1n) is 9.14. The van der Waals surface area contributed by atoms with Gasteiger partial charge in [-0.1, -0.05) is 12.1 Å². The van der Waals surface area contributed by atoms with Crippen molar-refractivity contribution in [1.82, 2.24) is 9.80 Å². The van der Waals surface area contributed by atoms with Gasteiger partial charge in [-0.05, 0) is 43.0 Å². The minimum absolute atomic E-state index is 0.0461. The Kier molecular flexibility index (Phi) is 5.46. The largest absolute Gasteiger partial charge is 0.416 e. The molecule has 0 bridgehead atoms. The highest BCUT2D eigenvalue weighted by Gasteiger charge is 2.42. The number of nitrogens with two attached hydrogens (primary N) is 1. The molecule has 3 rings (SSSR count). The van der Waals surface area contributed by atoms with Crippen LogP contribution in [0.5, 0.6) is 0 Å². The Hall–Kier alpha value is -2.09. The van der Waals surface area contributed by atoms with E-state index in [-0.39, 0.29) is 24.2 Å². The predicted molar refractivity (Wildman–Crippen MR) is 93.4 cm³/mol. The molecule has 2 heterocycles. The Balaban J connectivity index is 1.86. The molecule has 2 aliphatic heterocycles. The van der Waals surface area contributed by atoms with Crippen molar-refractivity contribution >= 4 is 11.8 Å². The van der Waals surface area contributed by atoms with Crippen LogP contribution in [0.1, 0.15) is 36.4 Å². The normalized spacial score (nSPS) is 26.6. The van der Waals surface area contributed by atoms with Crippen LogP contribution in [0.4, 0.5) is 13.2 Å². The summed E-state index contributed by atoms with van der Waals surface area (Å²) in [5.41, 5.74) is 5.50. The minimum atomic E-state index is -4.42. The predicted octanol–water partition coefficient (Wildman–Crippen LogP) is 2.42. The van der Waals surface area contributed by atoms with Gasteiger partial charge in [0.2, 0.25) is 11.8 Å². The third kappa shape index (κ3) is 3.95. The zero-order valence-corrected chi connectivity index (χ0v) is 15.2. The zero-order valence-electron chi connectivity index (χ0n) is 15.2. The van der Waals surface area contributed by atoms with E-state index in [1.54, 1.807) is 11.9 Å². The molecule has 0 unspecified atom stereocenters. The molecular weight excluding hydrogens is 359 g/mol.